The van der Waals surface area contributed by atoms with E-state index in [0.717, 1.165) is 40.8 Å². The highest BCUT2D eigenvalue weighted by Gasteiger charge is 2.55. The van der Waals surface area contributed by atoms with Gasteiger partial charge in [-0.05, 0) is 42.3 Å². The van der Waals surface area contributed by atoms with Crippen LogP contribution < -0.4 is 16.3 Å². The number of nitrogens with one attached hydrogen (secondary N) is 2. The number of benzene rings is 2. The molecule has 1 spiro atoms. The Labute approximate surface area is 162 Å². The fourth-order valence-electron chi connectivity index (χ4n) is 4.71. The lowest BCUT2D eigenvalue weighted by Gasteiger charge is -2.29. The van der Waals surface area contributed by atoms with Crippen LogP contribution in [0.2, 0.25) is 0 Å². The summed E-state index contributed by atoms with van der Waals surface area (Å²) in [4.78, 5) is 25.2. The van der Waals surface area contributed by atoms with E-state index in [1.165, 1.54) is 0 Å². The Hall–Kier alpha value is -2.57. The fourth-order valence-corrected chi connectivity index (χ4v) is 4.71. The standard InChI is InChI=1S/C20H20N4O2.ClH/c1-23-15-8-7-12(11-16(15)24(2)19(23)26)17-20(9-10-21-17)13-5-3-4-6-14(13)22-18(20)25;/h3-8,11,17,21H,9-10H2,1-2H3,(H,22,25);1H. The molecule has 0 saturated carbocycles. The summed E-state index contributed by atoms with van der Waals surface area (Å²) in [7, 11) is 3.56. The van der Waals surface area contributed by atoms with Gasteiger partial charge in [-0.3, -0.25) is 13.9 Å². The monoisotopic (exact) mass is 384 g/mol. The number of para-hydroxylation sites is 1. The van der Waals surface area contributed by atoms with Gasteiger partial charge in [0.15, 0.2) is 0 Å². The minimum Gasteiger partial charge on any atom is -0.325 e. The highest BCUT2D eigenvalue weighted by molar-refractivity contribution is 6.07. The van der Waals surface area contributed by atoms with E-state index < -0.39 is 5.41 Å². The number of imidazole rings is 1. The first-order valence-electron chi connectivity index (χ1n) is 8.84. The lowest BCUT2D eigenvalue weighted by Crippen LogP contribution is -2.39. The van der Waals surface area contributed by atoms with Crippen LogP contribution in [0.5, 0.6) is 0 Å². The molecule has 2 atom stereocenters. The maximum atomic E-state index is 13.0. The van der Waals surface area contributed by atoms with E-state index >= 15 is 0 Å². The Morgan fingerprint density at radius 3 is 2.59 bits per heavy atom. The number of carbonyl (C=O) groups is 1. The molecule has 2 N–H and O–H groups in total. The van der Waals surface area contributed by atoms with Crippen molar-refractivity contribution in [3.05, 3.63) is 64.1 Å². The van der Waals surface area contributed by atoms with Gasteiger partial charge in [0.25, 0.3) is 0 Å². The number of aromatic nitrogens is 2. The Bertz CT molecular complexity index is 1130. The van der Waals surface area contributed by atoms with Crippen molar-refractivity contribution in [3.8, 4) is 0 Å². The third-order valence-corrected chi connectivity index (χ3v) is 6.05. The second-order valence-corrected chi connectivity index (χ2v) is 7.26. The van der Waals surface area contributed by atoms with Gasteiger partial charge >= 0.3 is 5.69 Å². The van der Waals surface area contributed by atoms with Gasteiger partial charge in [-0.1, -0.05) is 24.3 Å². The quantitative estimate of drug-likeness (QED) is 0.676. The summed E-state index contributed by atoms with van der Waals surface area (Å²) in [5, 5.41) is 6.58. The van der Waals surface area contributed by atoms with E-state index in [1.807, 2.05) is 42.5 Å². The number of hydrogen-bond acceptors (Lipinski definition) is 3. The third-order valence-electron chi connectivity index (χ3n) is 6.05. The molecule has 0 aliphatic carbocycles. The maximum absolute atomic E-state index is 13.0. The summed E-state index contributed by atoms with van der Waals surface area (Å²) >= 11 is 0. The summed E-state index contributed by atoms with van der Waals surface area (Å²) in [5.74, 6) is 0.0516. The average Bonchev–Trinajstić information content (AvgIpc) is 3.28. The Morgan fingerprint density at radius 2 is 1.78 bits per heavy atom. The Kier molecular flexibility index (Phi) is 3.94. The van der Waals surface area contributed by atoms with E-state index in [1.54, 1.807) is 23.2 Å². The molecule has 140 valence electrons. The summed E-state index contributed by atoms with van der Waals surface area (Å²) in [6, 6.07) is 13.9. The molecule has 1 aromatic heterocycles. The van der Waals surface area contributed by atoms with Crippen molar-refractivity contribution >= 4 is 35.0 Å². The third kappa shape index (κ3) is 2.17. The van der Waals surface area contributed by atoms with Crippen LogP contribution in [-0.4, -0.2) is 21.6 Å². The first-order valence-corrected chi connectivity index (χ1v) is 8.84. The predicted molar refractivity (Wildman–Crippen MR) is 108 cm³/mol. The van der Waals surface area contributed by atoms with Crippen LogP contribution in [0.15, 0.2) is 47.3 Å². The lowest BCUT2D eigenvalue weighted by atomic mass is 9.73. The lowest BCUT2D eigenvalue weighted by molar-refractivity contribution is -0.121. The number of aryl methyl sites for hydroxylation is 2. The zero-order valence-electron chi connectivity index (χ0n) is 15.2. The molecule has 5 rings (SSSR count). The van der Waals surface area contributed by atoms with Crippen molar-refractivity contribution in [2.24, 2.45) is 14.1 Å². The maximum Gasteiger partial charge on any atom is 0.328 e. The Morgan fingerprint density at radius 1 is 1.04 bits per heavy atom. The van der Waals surface area contributed by atoms with Crippen molar-refractivity contribution in [2.45, 2.75) is 17.9 Å². The number of nitrogens with zero attached hydrogens (tertiary/aromatic N) is 2. The molecule has 2 aliphatic rings. The average molecular weight is 385 g/mol. The fraction of sp³-hybridized carbons (Fsp3) is 0.300. The minimum absolute atomic E-state index is 0. The second kappa shape index (κ2) is 5.97. The number of halogens is 1. The van der Waals surface area contributed by atoms with Gasteiger partial charge in [-0.15, -0.1) is 12.4 Å². The van der Waals surface area contributed by atoms with Gasteiger partial charge < -0.3 is 10.6 Å². The van der Waals surface area contributed by atoms with Gasteiger partial charge in [-0.2, -0.15) is 0 Å². The van der Waals surface area contributed by atoms with Crippen LogP contribution in [-0.2, 0) is 24.3 Å². The first kappa shape index (κ1) is 17.8. The number of carbonyl (C=O) groups excluding carboxylic acids is 1. The van der Waals surface area contributed by atoms with E-state index in [2.05, 4.69) is 10.6 Å². The molecular weight excluding hydrogens is 364 g/mol. The zero-order valence-corrected chi connectivity index (χ0v) is 16.0. The van der Waals surface area contributed by atoms with Gasteiger partial charge in [0.1, 0.15) is 0 Å². The highest BCUT2D eigenvalue weighted by Crippen LogP contribution is 2.51. The second-order valence-electron chi connectivity index (χ2n) is 7.26. The van der Waals surface area contributed by atoms with E-state index in [4.69, 9.17) is 0 Å². The summed E-state index contributed by atoms with van der Waals surface area (Å²) < 4.78 is 3.30. The van der Waals surface area contributed by atoms with Crippen molar-refractivity contribution in [1.29, 1.82) is 0 Å². The number of rotatable bonds is 1. The predicted octanol–water partition coefficient (Wildman–Crippen LogP) is 2.22. The molecule has 6 nitrogen and oxygen atoms in total. The van der Waals surface area contributed by atoms with Gasteiger partial charge in [-0.25, -0.2) is 4.79 Å². The van der Waals surface area contributed by atoms with Crippen molar-refractivity contribution in [2.75, 3.05) is 11.9 Å². The molecule has 2 aliphatic heterocycles. The molecule has 7 heteroatoms. The molecular formula is C20H21ClN4O2. The summed E-state index contributed by atoms with van der Waals surface area (Å²) in [6.45, 7) is 0.776. The number of anilines is 1. The van der Waals surface area contributed by atoms with Crippen molar-refractivity contribution < 1.29 is 4.79 Å². The van der Waals surface area contributed by atoms with Crippen LogP contribution in [0, 0.1) is 0 Å². The summed E-state index contributed by atoms with van der Waals surface area (Å²) in [5.41, 5.74) is 4.12. The molecule has 3 heterocycles. The van der Waals surface area contributed by atoms with E-state index in [-0.39, 0.29) is 30.0 Å². The molecule has 1 fully saturated rings. The molecule has 0 bridgehead atoms. The molecule has 0 radical (unpaired) electrons. The molecule has 27 heavy (non-hydrogen) atoms. The largest absolute Gasteiger partial charge is 0.328 e. The van der Waals surface area contributed by atoms with E-state index in [0.29, 0.717) is 0 Å². The molecule has 1 saturated heterocycles. The highest BCUT2D eigenvalue weighted by atomic mass is 35.5. The van der Waals surface area contributed by atoms with Gasteiger partial charge in [0, 0.05) is 19.8 Å². The van der Waals surface area contributed by atoms with Crippen LogP contribution in [0.3, 0.4) is 0 Å². The number of hydrogen-bond donors (Lipinski definition) is 2. The normalized spacial score (nSPS) is 23.5. The molecule has 2 aromatic carbocycles. The van der Waals surface area contributed by atoms with Gasteiger partial charge in [0.2, 0.25) is 5.91 Å². The molecule has 1 amide bonds. The Balaban J connectivity index is 0.00000180. The number of fused-ring (bicyclic) bond motifs is 3. The first-order chi connectivity index (χ1) is 12.5. The SMILES string of the molecule is Cl.Cn1c(=O)n(C)c2cc(C3NCCC34C(=O)Nc3ccccc34)ccc21. The smallest absolute Gasteiger partial charge is 0.325 e. The molecule has 3 aromatic rings. The van der Waals surface area contributed by atoms with Crippen molar-refractivity contribution in [3.63, 3.8) is 0 Å². The van der Waals surface area contributed by atoms with Crippen LogP contribution in [0.25, 0.3) is 11.0 Å². The summed E-state index contributed by atoms with van der Waals surface area (Å²) in [6.07, 6.45) is 0.756. The van der Waals surface area contributed by atoms with Crippen LogP contribution in [0.4, 0.5) is 5.69 Å². The zero-order chi connectivity index (χ0) is 18.1. The van der Waals surface area contributed by atoms with Gasteiger partial charge in [0.05, 0.1) is 22.5 Å². The number of amides is 1. The van der Waals surface area contributed by atoms with E-state index in [9.17, 15) is 9.59 Å². The van der Waals surface area contributed by atoms with Crippen LogP contribution >= 0.6 is 12.4 Å². The van der Waals surface area contributed by atoms with Crippen LogP contribution in [0.1, 0.15) is 23.6 Å². The minimum atomic E-state index is -0.599. The molecule has 2 unspecified atom stereocenters. The van der Waals surface area contributed by atoms with Crippen molar-refractivity contribution in [1.82, 2.24) is 14.5 Å². The topological polar surface area (TPSA) is 68.1 Å².